The molecule has 0 bridgehead atoms. The molecule has 194 valence electrons. The minimum atomic E-state index is -1.18. The van der Waals surface area contributed by atoms with Crippen LogP contribution in [0.3, 0.4) is 0 Å². The first kappa shape index (κ1) is 26.3. The highest BCUT2D eigenvalue weighted by Gasteiger charge is 2.35. The van der Waals surface area contributed by atoms with Gasteiger partial charge in [0.2, 0.25) is 0 Å². The summed E-state index contributed by atoms with van der Waals surface area (Å²) >= 11 is 0. The predicted octanol–water partition coefficient (Wildman–Crippen LogP) is 6.97. The molecule has 0 radical (unpaired) electrons. The third kappa shape index (κ3) is 6.20. The fourth-order valence-corrected chi connectivity index (χ4v) is 6.62. The average molecular weight is 522 g/mol. The molecule has 38 heavy (non-hydrogen) atoms. The Morgan fingerprint density at radius 3 is 1.92 bits per heavy atom. The van der Waals surface area contributed by atoms with E-state index >= 15 is 0 Å². The van der Waals surface area contributed by atoms with E-state index < -0.39 is 10.8 Å². The van der Waals surface area contributed by atoms with Gasteiger partial charge in [-0.1, -0.05) is 110 Å². The van der Waals surface area contributed by atoms with Gasteiger partial charge in [-0.25, -0.2) is 0 Å². The number of Topliss-reactive ketones (excluding diaryl/α,β-unsaturated/α-hetero) is 1. The number of nitrogens with zero attached hydrogens (tertiary/aromatic N) is 1. The standard InChI is InChI=1S/C34H35NO2S/c1-26(34(36)33-20-12-11-17-29(33)25-38(37)31-18-9-4-10-19-31)30-23-35(24-30)22-21-32(27-13-5-2-6-14-27)28-15-7-3-8-16-28/h2-20,26,30,32H,21-25H2,1H3/t26-,38?/m1/s1. The first-order valence-electron chi connectivity index (χ1n) is 13.5. The van der Waals surface area contributed by atoms with Gasteiger partial charge in [-0.2, -0.15) is 0 Å². The number of benzene rings is 4. The smallest absolute Gasteiger partial charge is 0.166 e. The van der Waals surface area contributed by atoms with Crippen LogP contribution in [-0.4, -0.2) is 34.5 Å². The van der Waals surface area contributed by atoms with Gasteiger partial charge in [0.1, 0.15) is 0 Å². The lowest BCUT2D eigenvalue weighted by molar-refractivity contribution is 0.0506. The SMILES string of the molecule is C[C@@H](C(=O)c1ccccc1CS(=O)c1ccccc1)C1CN(CCC(c2ccccc2)c2ccccc2)C1. The van der Waals surface area contributed by atoms with Crippen LogP contribution in [0.25, 0.3) is 0 Å². The van der Waals surface area contributed by atoms with Gasteiger partial charge in [0.15, 0.2) is 5.78 Å². The molecule has 3 nitrogen and oxygen atoms in total. The van der Waals surface area contributed by atoms with Crippen molar-refractivity contribution in [1.29, 1.82) is 0 Å². The lowest BCUT2D eigenvalue weighted by Crippen LogP contribution is -2.51. The molecule has 0 N–H and O–H groups in total. The van der Waals surface area contributed by atoms with E-state index in [2.05, 4.69) is 72.5 Å². The minimum Gasteiger partial charge on any atom is -0.303 e. The second-order valence-corrected chi connectivity index (χ2v) is 11.7. The van der Waals surface area contributed by atoms with E-state index in [1.807, 2.05) is 54.6 Å². The van der Waals surface area contributed by atoms with Crippen molar-refractivity contribution in [2.45, 2.75) is 29.9 Å². The molecule has 1 unspecified atom stereocenters. The Labute approximate surface area is 229 Å². The molecule has 1 aliphatic rings. The van der Waals surface area contributed by atoms with Gasteiger partial charge in [-0.05, 0) is 47.7 Å². The Morgan fingerprint density at radius 1 is 0.789 bits per heavy atom. The van der Waals surface area contributed by atoms with Gasteiger partial charge in [0, 0.05) is 35.4 Å². The molecular weight excluding hydrogens is 486 g/mol. The van der Waals surface area contributed by atoms with Crippen LogP contribution < -0.4 is 0 Å². The summed E-state index contributed by atoms with van der Waals surface area (Å²) in [5, 5.41) is 0. The highest BCUT2D eigenvalue weighted by Crippen LogP contribution is 2.32. The van der Waals surface area contributed by atoms with Gasteiger partial charge in [-0.3, -0.25) is 9.00 Å². The van der Waals surface area contributed by atoms with E-state index in [0.717, 1.165) is 42.1 Å². The molecule has 0 spiro atoms. The molecule has 1 fully saturated rings. The number of carbonyl (C=O) groups is 1. The highest BCUT2D eigenvalue weighted by molar-refractivity contribution is 7.84. The molecule has 4 aromatic rings. The van der Waals surface area contributed by atoms with E-state index in [0.29, 0.717) is 17.6 Å². The van der Waals surface area contributed by atoms with Gasteiger partial charge in [-0.15, -0.1) is 0 Å². The molecule has 4 aromatic carbocycles. The van der Waals surface area contributed by atoms with Gasteiger partial charge >= 0.3 is 0 Å². The summed E-state index contributed by atoms with van der Waals surface area (Å²) in [6.07, 6.45) is 1.05. The summed E-state index contributed by atoms with van der Waals surface area (Å²) < 4.78 is 12.9. The zero-order valence-electron chi connectivity index (χ0n) is 21.9. The Bertz CT molecular complexity index is 1310. The summed E-state index contributed by atoms with van der Waals surface area (Å²) in [5.41, 5.74) is 4.29. The van der Waals surface area contributed by atoms with Crippen molar-refractivity contribution in [3.05, 3.63) is 138 Å². The molecule has 0 aliphatic carbocycles. The Morgan fingerprint density at radius 2 is 1.32 bits per heavy atom. The Hall–Kier alpha value is -3.34. The van der Waals surface area contributed by atoms with Gasteiger partial charge in [0.25, 0.3) is 0 Å². The number of rotatable bonds is 11. The molecule has 5 rings (SSSR count). The van der Waals surface area contributed by atoms with Gasteiger partial charge < -0.3 is 4.90 Å². The van der Waals surface area contributed by atoms with Crippen molar-refractivity contribution in [2.75, 3.05) is 19.6 Å². The summed E-state index contributed by atoms with van der Waals surface area (Å²) in [6, 6.07) is 38.7. The van der Waals surface area contributed by atoms with E-state index in [-0.39, 0.29) is 11.7 Å². The number of carbonyl (C=O) groups excluding carboxylic acids is 1. The van der Waals surface area contributed by atoms with Gasteiger partial charge in [0.05, 0.1) is 16.6 Å². The zero-order chi connectivity index (χ0) is 26.3. The van der Waals surface area contributed by atoms with Crippen molar-refractivity contribution >= 4 is 16.6 Å². The number of likely N-dealkylation sites (tertiary alicyclic amines) is 1. The van der Waals surface area contributed by atoms with Crippen molar-refractivity contribution in [2.24, 2.45) is 11.8 Å². The quantitative estimate of drug-likeness (QED) is 0.200. The molecule has 4 heteroatoms. The van der Waals surface area contributed by atoms with Crippen LogP contribution in [0.15, 0.2) is 120 Å². The van der Waals surface area contributed by atoms with Crippen molar-refractivity contribution in [1.82, 2.24) is 4.90 Å². The topological polar surface area (TPSA) is 37.4 Å². The zero-order valence-corrected chi connectivity index (χ0v) is 22.7. The second kappa shape index (κ2) is 12.5. The minimum absolute atomic E-state index is 0.0587. The summed E-state index contributed by atoms with van der Waals surface area (Å²) in [6.45, 7) is 4.97. The fourth-order valence-electron chi connectivity index (χ4n) is 5.46. The largest absolute Gasteiger partial charge is 0.303 e. The first-order chi connectivity index (χ1) is 18.6. The molecule has 0 aromatic heterocycles. The molecule has 0 amide bonds. The van der Waals surface area contributed by atoms with Crippen molar-refractivity contribution in [3.8, 4) is 0 Å². The third-order valence-corrected chi connectivity index (χ3v) is 9.19. The predicted molar refractivity (Wildman–Crippen MR) is 156 cm³/mol. The third-order valence-electron chi connectivity index (χ3n) is 7.82. The molecule has 1 aliphatic heterocycles. The maximum atomic E-state index is 13.5. The molecular formula is C34H35NO2S. The summed E-state index contributed by atoms with van der Waals surface area (Å²) in [4.78, 5) is 16.8. The highest BCUT2D eigenvalue weighted by atomic mass is 32.2. The number of hydrogen-bond acceptors (Lipinski definition) is 3. The molecule has 2 atom stereocenters. The van der Waals surface area contributed by atoms with Crippen LogP contribution in [-0.2, 0) is 16.6 Å². The van der Waals surface area contributed by atoms with Crippen LogP contribution in [0.4, 0.5) is 0 Å². The van der Waals surface area contributed by atoms with E-state index in [9.17, 15) is 9.00 Å². The second-order valence-electron chi connectivity index (χ2n) is 10.3. The number of ketones is 1. The Balaban J connectivity index is 1.19. The van der Waals surface area contributed by atoms with E-state index in [1.54, 1.807) is 0 Å². The molecule has 0 saturated carbocycles. The maximum absolute atomic E-state index is 13.5. The summed E-state index contributed by atoms with van der Waals surface area (Å²) in [5.74, 6) is 1.18. The van der Waals surface area contributed by atoms with Crippen LogP contribution in [0.5, 0.6) is 0 Å². The molecule has 1 heterocycles. The van der Waals surface area contributed by atoms with Crippen molar-refractivity contribution in [3.63, 3.8) is 0 Å². The van der Waals surface area contributed by atoms with Crippen molar-refractivity contribution < 1.29 is 9.00 Å². The van der Waals surface area contributed by atoms with Crippen LogP contribution >= 0.6 is 0 Å². The number of hydrogen-bond donors (Lipinski definition) is 0. The van der Waals surface area contributed by atoms with Crippen LogP contribution in [0.1, 0.15) is 46.3 Å². The normalized spacial score (nSPS) is 15.6. The average Bonchev–Trinajstić information content (AvgIpc) is 2.95. The molecule has 1 saturated heterocycles. The first-order valence-corrected chi connectivity index (χ1v) is 14.8. The Kier molecular flexibility index (Phi) is 8.62. The lowest BCUT2D eigenvalue weighted by Gasteiger charge is -2.42. The maximum Gasteiger partial charge on any atom is 0.166 e. The van der Waals surface area contributed by atoms with Crippen LogP contribution in [0, 0.1) is 11.8 Å². The van der Waals surface area contributed by atoms with E-state index in [4.69, 9.17) is 0 Å². The lowest BCUT2D eigenvalue weighted by atomic mass is 9.80. The van der Waals surface area contributed by atoms with E-state index in [1.165, 1.54) is 11.1 Å². The monoisotopic (exact) mass is 521 g/mol. The fraction of sp³-hybridized carbons (Fsp3) is 0.265. The van der Waals surface area contributed by atoms with Crippen LogP contribution in [0.2, 0.25) is 0 Å². The summed E-state index contributed by atoms with van der Waals surface area (Å²) in [7, 11) is -1.18.